The van der Waals surface area contributed by atoms with Gasteiger partial charge >= 0.3 is 6.18 Å². The number of halogens is 3. The summed E-state index contributed by atoms with van der Waals surface area (Å²) in [5.41, 5.74) is -0.148. The van der Waals surface area contributed by atoms with E-state index < -0.39 is 11.9 Å². The van der Waals surface area contributed by atoms with E-state index in [0.29, 0.717) is 30.4 Å². The van der Waals surface area contributed by atoms with Crippen LogP contribution in [0.25, 0.3) is 5.57 Å². The highest BCUT2D eigenvalue weighted by molar-refractivity contribution is 5.96. The number of aromatic nitrogens is 2. The number of hydrogen-bond donors (Lipinski definition) is 1. The maximum absolute atomic E-state index is 12.2. The first-order valence-electron chi connectivity index (χ1n) is 4.85. The summed E-state index contributed by atoms with van der Waals surface area (Å²) in [6, 6.07) is 0. The van der Waals surface area contributed by atoms with Crippen LogP contribution >= 0.6 is 0 Å². The van der Waals surface area contributed by atoms with Crippen LogP contribution in [0.15, 0.2) is 18.5 Å². The lowest BCUT2D eigenvalue weighted by atomic mass is 10.1. The summed E-state index contributed by atoms with van der Waals surface area (Å²) in [5, 5.41) is 2.57. The molecule has 1 amide bonds. The molecule has 0 atom stereocenters. The molecular weight excluding hydrogens is 235 g/mol. The zero-order chi connectivity index (χ0) is 12.5. The molecule has 0 spiro atoms. The molecule has 1 aliphatic rings. The standard InChI is InChI=1S/C10H8F3N3O/c11-10(12,13)8-5-15-7(4-16-8)6-1-2-14-9(17)3-6/h3-5H,1-2H2,(H,14,17). The molecule has 0 bridgehead atoms. The molecule has 0 aromatic carbocycles. The Morgan fingerprint density at radius 1 is 1.24 bits per heavy atom. The van der Waals surface area contributed by atoms with Crippen molar-refractivity contribution in [2.75, 3.05) is 6.54 Å². The third-order valence-electron chi connectivity index (χ3n) is 2.27. The van der Waals surface area contributed by atoms with Gasteiger partial charge in [-0.2, -0.15) is 13.2 Å². The topological polar surface area (TPSA) is 54.9 Å². The highest BCUT2D eigenvalue weighted by Crippen LogP contribution is 2.27. The van der Waals surface area contributed by atoms with Gasteiger partial charge < -0.3 is 5.32 Å². The van der Waals surface area contributed by atoms with E-state index in [1.165, 1.54) is 6.08 Å². The van der Waals surface area contributed by atoms with Gasteiger partial charge in [-0.05, 0) is 12.0 Å². The predicted molar refractivity (Wildman–Crippen MR) is 52.6 cm³/mol. The molecule has 90 valence electrons. The lowest BCUT2D eigenvalue weighted by Crippen LogP contribution is -2.26. The summed E-state index contributed by atoms with van der Waals surface area (Å²) < 4.78 is 36.7. The normalized spacial score (nSPS) is 16.4. The first kappa shape index (κ1) is 11.6. The molecule has 7 heteroatoms. The molecule has 0 unspecified atom stereocenters. The predicted octanol–water partition coefficient (Wildman–Crippen LogP) is 1.40. The van der Waals surface area contributed by atoms with Crippen LogP contribution in [0, 0.1) is 0 Å². The second-order valence-corrected chi connectivity index (χ2v) is 3.50. The number of alkyl halides is 3. The lowest BCUT2D eigenvalue weighted by Gasteiger charge is -2.13. The first-order chi connectivity index (χ1) is 7.97. The average molecular weight is 243 g/mol. The Balaban J connectivity index is 2.27. The van der Waals surface area contributed by atoms with Crippen LogP contribution < -0.4 is 5.32 Å². The zero-order valence-electron chi connectivity index (χ0n) is 8.58. The molecule has 1 aromatic heterocycles. The van der Waals surface area contributed by atoms with Crippen LogP contribution in [-0.4, -0.2) is 22.4 Å². The van der Waals surface area contributed by atoms with E-state index in [1.54, 1.807) is 0 Å². The molecule has 4 nitrogen and oxygen atoms in total. The quantitative estimate of drug-likeness (QED) is 0.811. The number of nitrogens with zero attached hydrogens (tertiary/aromatic N) is 2. The number of nitrogens with one attached hydrogen (secondary N) is 1. The smallest absolute Gasteiger partial charge is 0.352 e. The van der Waals surface area contributed by atoms with E-state index in [-0.39, 0.29) is 5.91 Å². The van der Waals surface area contributed by atoms with Crippen molar-refractivity contribution in [2.45, 2.75) is 12.6 Å². The Kier molecular flexibility index (Phi) is 2.83. The van der Waals surface area contributed by atoms with Crippen molar-refractivity contribution in [1.29, 1.82) is 0 Å². The van der Waals surface area contributed by atoms with Crippen LogP contribution in [-0.2, 0) is 11.0 Å². The number of carbonyl (C=O) groups excluding carboxylic acids is 1. The fourth-order valence-corrected chi connectivity index (χ4v) is 1.44. The molecule has 0 radical (unpaired) electrons. The minimum absolute atomic E-state index is 0.270. The Morgan fingerprint density at radius 3 is 2.53 bits per heavy atom. The van der Waals surface area contributed by atoms with Gasteiger partial charge in [-0.15, -0.1) is 0 Å². The van der Waals surface area contributed by atoms with Gasteiger partial charge in [0.15, 0.2) is 5.69 Å². The van der Waals surface area contributed by atoms with E-state index in [0.717, 1.165) is 6.20 Å². The number of carbonyl (C=O) groups is 1. The second kappa shape index (κ2) is 4.15. The van der Waals surface area contributed by atoms with Crippen LogP contribution in [0.3, 0.4) is 0 Å². The van der Waals surface area contributed by atoms with Gasteiger partial charge in [-0.25, -0.2) is 4.98 Å². The Hall–Kier alpha value is -1.92. The number of hydrogen-bond acceptors (Lipinski definition) is 3. The fourth-order valence-electron chi connectivity index (χ4n) is 1.44. The molecule has 0 aliphatic carbocycles. The summed E-state index contributed by atoms with van der Waals surface area (Å²) >= 11 is 0. The van der Waals surface area contributed by atoms with Crippen molar-refractivity contribution in [2.24, 2.45) is 0 Å². The van der Waals surface area contributed by atoms with E-state index >= 15 is 0 Å². The van der Waals surface area contributed by atoms with Crippen LogP contribution in [0.2, 0.25) is 0 Å². The highest BCUT2D eigenvalue weighted by atomic mass is 19.4. The first-order valence-corrected chi connectivity index (χ1v) is 4.85. The lowest BCUT2D eigenvalue weighted by molar-refractivity contribution is -0.141. The summed E-state index contributed by atoms with van der Waals surface area (Å²) in [6.45, 7) is 0.452. The van der Waals surface area contributed by atoms with Crippen LogP contribution in [0.5, 0.6) is 0 Å². The van der Waals surface area contributed by atoms with Crippen molar-refractivity contribution in [3.8, 4) is 0 Å². The second-order valence-electron chi connectivity index (χ2n) is 3.50. The minimum Gasteiger partial charge on any atom is -0.352 e. The zero-order valence-corrected chi connectivity index (χ0v) is 8.58. The Bertz CT molecular complexity index is 465. The van der Waals surface area contributed by atoms with Crippen molar-refractivity contribution in [3.63, 3.8) is 0 Å². The summed E-state index contributed by atoms with van der Waals surface area (Å²) in [7, 11) is 0. The van der Waals surface area contributed by atoms with E-state index in [4.69, 9.17) is 0 Å². The molecule has 1 N–H and O–H groups in total. The van der Waals surface area contributed by atoms with Gasteiger partial charge in [0.2, 0.25) is 5.91 Å². The van der Waals surface area contributed by atoms with Crippen LogP contribution in [0.4, 0.5) is 13.2 Å². The maximum Gasteiger partial charge on any atom is 0.434 e. The molecular formula is C10H8F3N3O. The Morgan fingerprint density at radius 2 is 2.00 bits per heavy atom. The van der Waals surface area contributed by atoms with Gasteiger partial charge in [-0.1, -0.05) is 0 Å². The largest absolute Gasteiger partial charge is 0.434 e. The number of rotatable bonds is 1. The van der Waals surface area contributed by atoms with Crippen molar-refractivity contribution in [3.05, 3.63) is 29.9 Å². The molecule has 1 aromatic rings. The third kappa shape index (κ3) is 2.61. The molecule has 17 heavy (non-hydrogen) atoms. The third-order valence-corrected chi connectivity index (χ3v) is 2.27. The summed E-state index contributed by atoms with van der Waals surface area (Å²) in [5.74, 6) is -0.270. The SMILES string of the molecule is O=C1C=C(c2cnc(C(F)(F)F)cn2)CCN1. The van der Waals surface area contributed by atoms with Gasteiger partial charge in [0, 0.05) is 12.6 Å². The van der Waals surface area contributed by atoms with E-state index in [9.17, 15) is 18.0 Å². The molecule has 2 heterocycles. The average Bonchev–Trinajstić information content (AvgIpc) is 2.28. The van der Waals surface area contributed by atoms with Crippen molar-refractivity contribution >= 4 is 11.5 Å². The fraction of sp³-hybridized carbons (Fsp3) is 0.300. The molecule has 2 rings (SSSR count). The van der Waals surface area contributed by atoms with Crippen molar-refractivity contribution in [1.82, 2.24) is 15.3 Å². The summed E-state index contributed by atoms with van der Waals surface area (Å²) in [4.78, 5) is 18.0. The van der Waals surface area contributed by atoms with Crippen LogP contribution in [0.1, 0.15) is 17.8 Å². The summed E-state index contributed by atoms with van der Waals surface area (Å²) in [6.07, 6.45) is -0.938. The van der Waals surface area contributed by atoms with E-state index in [1.807, 2.05) is 0 Å². The van der Waals surface area contributed by atoms with Crippen molar-refractivity contribution < 1.29 is 18.0 Å². The van der Waals surface area contributed by atoms with Gasteiger partial charge in [0.1, 0.15) is 0 Å². The molecule has 1 aliphatic heterocycles. The van der Waals surface area contributed by atoms with Gasteiger partial charge in [0.05, 0.1) is 18.1 Å². The van der Waals surface area contributed by atoms with Gasteiger partial charge in [0.25, 0.3) is 0 Å². The maximum atomic E-state index is 12.2. The molecule has 0 fully saturated rings. The highest BCUT2D eigenvalue weighted by Gasteiger charge is 2.32. The molecule has 0 saturated carbocycles. The van der Waals surface area contributed by atoms with Gasteiger partial charge in [-0.3, -0.25) is 9.78 Å². The Labute approximate surface area is 94.6 Å². The monoisotopic (exact) mass is 243 g/mol. The van der Waals surface area contributed by atoms with E-state index in [2.05, 4.69) is 15.3 Å². The minimum atomic E-state index is -4.50. The molecule has 0 saturated heterocycles. The number of amides is 1.